The molecule has 0 unspecified atom stereocenters. The summed E-state index contributed by atoms with van der Waals surface area (Å²) in [5.41, 5.74) is 5.47. The SMILES string of the molecule is Cc1nc(N)cc(-c2c(F)cccc2F)n1. The number of anilines is 1. The van der Waals surface area contributed by atoms with Crippen molar-refractivity contribution in [2.45, 2.75) is 6.92 Å². The Kier molecular flexibility index (Phi) is 2.52. The lowest BCUT2D eigenvalue weighted by molar-refractivity contribution is 0.588. The summed E-state index contributed by atoms with van der Waals surface area (Å²) < 4.78 is 26.9. The second-order valence-electron chi connectivity index (χ2n) is 3.32. The Morgan fingerprint density at radius 3 is 2.31 bits per heavy atom. The first-order chi connectivity index (χ1) is 7.58. The Labute approximate surface area is 91.0 Å². The van der Waals surface area contributed by atoms with Crippen molar-refractivity contribution in [1.82, 2.24) is 9.97 Å². The van der Waals surface area contributed by atoms with E-state index in [4.69, 9.17) is 5.73 Å². The molecule has 0 spiro atoms. The summed E-state index contributed by atoms with van der Waals surface area (Å²) in [6, 6.07) is 4.98. The Bertz CT molecular complexity index is 500. The van der Waals surface area contributed by atoms with E-state index >= 15 is 0 Å². The van der Waals surface area contributed by atoms with E-state index < -0.39 is 11.6 Å². The number of nitrogens with two attached hydrogens (primary N) is 1. The van der Waals surface area contributed by atoms with Gasteiger partial charge < -0.3 is 5.73 Å². The molecule has 1 heterocycles. The first-order valence-electron chi connectivity index (χ1n) is 4.63. The number of hydrogen-bond donors (Lipinski definition) is 1. The normalized spacial score (nSPS) is 10.4. The second kappa shape index (κ2) is 3.84. The van der Waals surface area contributed by atoms with Crippen molar-refractivity contribution >= 4 is 5.82 Å². The third-order valence-corrected chi connectivity index (χ3v) is 2.08. The first-order valence-corrected chi connectivity index (χ1v) is 4.63. The van der Waals surface area contributed by atoms with Crippen molar-refractivity contribution in [3.63, 3.8) is 0 Å². The van der Waals surface area contributed by atoms with Crippen molar-refractivity contribution in [1.29, 1.82) is 0 Å². The van der Waals surface area contributed by atoms with E-state index in [1.807, 2.05) is 0 Å². The monoisotopic (exact) mass is 221 g/mol. The predicted octanol–water partition coefficient (Wildman–Crippen LogP) is 2.31. The van der Waals surface area contributed by atoms with E-state index in [0.717, 1.165) is 0 Å². The van der Waals surface area contributed by atoms with E-state index in [2.05, 4.69) is 9.97 Å². The molecule has 0 aliphatic heterocycles. The van der Waals surface area contributed by atoms with Gasteiger partial charge in [0.1, 0.15) is 23.3 Å². The van der Waals surface area contributed by atoms with Crippen LogP contribution < -0.4 is 5.73 Å². The number of benzene rings is 1. The number of hydrogen-bond acceptors (Lipinski definition) is 3. The second-order valence-corrected chi connectivity index (χ2v) is 3.32. The van der Waals surface area contributed by atoms with Crippen LogP contribution in [0.1, 0.15) is 5.82 Å². The van der Waals surface area contributed by atoms with Crippen LogP contribution in [0.25, 0.3) is 11.3 Å². The summed E-state index contributed by atoms with van der Waals surface area (Å²) in [6.45, 7) is 1.61. The van der Waals surface area contributed by atoms with Crippen molar-refractivity contribution in [3.8, 4) is 11.3 Å². The molecule has 2 N–H and O–H groups in total. The summed E-state index contributed by atoms with van der Waals surface area (Å²) in [5.74, 6) is -0.780. The number of halogens is 2. The van der Waals surface area contributed by atoms with Gasteiger partial charge in [0.2, 0.25) is 0 Å². The summed E-state index contributed by atoms with van der Waals surface area (Å²) >= 11 is 0. The Morgan fingerprint density at radius 2 is 1.75 bits per heavy atom. The van der Waals surface area contributed by atoms with Crippen molar-refractivity contribution in [2.75, 3.05) is 5.73 Å². The lowest BCUT2D eigenvalue weighted by Gasteiger charge is -2.05. The lowest BCUT2D eigenvalue weighted by atomic mass is 10.1. The highest BCUT2D eigenvalue weighted by molar-refractivity contribution is 5.63. The standard InChI is InChI=1S/C11H9F2N3/c1-6-15-9(5-10(14)16-6)11-7(12)3-2-4-8(11)13/h2-5H,1H3,(H2,14,15,16). The average Bonchev–Trinajstić information content (AvgIpc) is 2.15. The van der Waals surface area contributed by atoms with Crippen LogP contribution in [0.2, 0.25) is 0 Å². The zero-order valence-corrected chi connectivity index (χ0v) is 8.54. The molecule has 1 aromatic heterocycles. The van der Waals surface area contributed by atoms with Gasteiger partial charge in [0.25, 0.3) is 0 Å². The molecule has 0 aliphatic rings. The van der Waals surface area contributed by atoms with Crippen LogP contribution in [0.15, 0.2) is 24.3 Å². The van der Waals surface area contributed by atoms with Gasteiger partial charge in [-0.15, -0.1) is 0 Å². The molecule has 5 heteroatoms. The van der Waals surface area contributed by atoms with Gasteiger partial charge in [0.05, 0.1) is 11.3 Å². The van der Waals surface area contributed by atoms with Gasteiger partial charge in [-0.3, -0.25) is 0 Å². The van der Waals surface area contributed by atoms with Crippen LogP contribution in [-0.2, 0) is 0 Å². The number of aromatic nitrogens is 2. The zero-order chi connectivity index (χ0) is 11.7. The molecule has 3 nitrogen and oxygen atoms in total. The van der Waals surface area contributed by atoms with E-state index in [0.29, 0.717) is 5.82 Å². The van der Waals surface area contributed by atoms with Crippen molar-refractivity contribution < 1.29 is 8.78 Å². The number of aryl methyl sites for hydroxylation is 1. The quantitative estimate of drug-likeness (QED) is 0.803. The highest BCUT2D eigenvalue weighted by atomic mass is 19.1. The van der Waals surface area contributed by atoms with Gasteiger partial charge in [0.15, 0.2) is 0 Å². The fourth-order valence-corrected chi connectivity index (χ4v) is 1.46. The number of nitrogens with zero attached hydrogens (tertiary/aromatic N) is 2. The highest BCUT2D eigenvalue weighted by Crippen LogP contribution is 2.25. The maximum atomic E-state index is 13.5. The Balaban J connectivity index is 2.67. The summed E-state index contributed by atoms with van der Waals surface area (Å²) in [4.78, 5) is 7.80. The van der Waals surface area contributed by atoms with Gasteiger partial charge in [0, 0.05) is 6.07 Å². The molecule has 0 saturated heterocycles. The fraction of sp³-hybridized carbons (Fsp3) is 0.0909. The van der Waals surface area contributed by atoms with Crippen LogP contribution in [0, 0.1) is 18.6 Å². The van der Waals surface area contributed by atoms with Gasteiger partial charge in [-0.05, 0) is 19.1 Å². The average molecular weight is 221 g/mol. The molecule has 0 fully saturated rings. The van der Waals surface area contributed by atoms with Crippen LogP contribution in [0.4, 0.5) is 14.6 Å². The number of rotatable bonds is 1. The Hall–Kier alpha value is -2.04. The van der Waals surface area contributed by atoms with Crippen LogP contribution in [-0.4, -0.2) is 9.97 Å². The predicted molar refractivity (Wildman–Crippen MR) is 56.5 cm³/mol. The molecule has 0 radical (unpaired) electrons. The molecule has 0 saturated carbocycles. The largest absolute Gasteiger partial charge is 0.384 e. The topological polar surface area (TPSA) is 51.8 Å². The highest BCUT2D eigenvalue weighted by Gasteiger charge is 2.13. The molecule has 1 aromatic carbocycles. The van der Waals surface area contributed by atoms with Crippen LogP contribution in [0.3, 0.4) is 0 Å². The molecule has 2 rings (SSSR count). The number of nitrogen functional groups attached to an aromatic ring is 1. The minimum absolute atomic E-state index is 0.153. The maximum absolute atomic E-state index is 13.5. The third-order valence-electron chi connectivity index (χ3n) is 2.08. The van der Waals surface area contributed by atoms with E-state index in [1.165, 1.54) is 24.3 Å². The van der Waals surface area contributed by atoms with Crippen molar-refractivity contribution in [3.05, 3.63) is 41.7 Å². The zero-order valence-electron chi connectivity index (χ0n) is 8.54. The van der Waals surface area contributed by atoms with Crippen LogP contribution in [0.5, 0.6) is 0 Å². The lowest BCUT2D eigenvalue weighted by Crippen LogP contribution is -1.99. The Morgan fingerprint density at radius 1 is 1.12 bits per heavy atom. The molecule has 2 aromatic rings. The summed E-state index contributed by atoms with van der Waals surface area (Å²) in [7, 11) is 0. The van der Waals surface area contributed by atoms with Crippen LogP contribution >= 0.6 is 0 Å². The molecule has 0 amide bonds. The molecule has 0 atom stereocenters. The molecule has 16 heavy (non-hydrogen) atoms. The van der Waals surface area contributed by atoms with Gasteiger partial charge in [-0.25, -0.2) is 18.7 Å². The minimum atomic E-state index is -0.669. The molecule has 82 valence electrons. The van der Waals surface area contributed by atoms with E-state index in [1.54, 1.807) is 6.92 Å². The fourth-order valence-electron chi connectivity index (χ4n) is 1.46. The summed E-state index contributed by atoms with van der Waals surface area (Å²) in [5, 5.41) is 0. The van der Waals surface area contributed by atoms with Gasteiger partial charge in [-0.1, -0.05) is 6.07 Å². The minimum Gasteiger partial charge on any atom is -0.384 e. The molecular formula is C11H9F2N3. The van der Waals surface area contributed by atoms with Gasteiger partial charge >= 0.3 is 0 Å². The van der Waals surface area contributed by atoms with Crippen molar-refractivity contribution in [2.24, 2.45) is 0 Å². The summed E-state index contributed by atoms with van der Waals surface area (Å²) in [6.07, 6.45) is 0. The first kappa shape index (κ1) is 10.5. The third kappa shape index (κ3) is 1.84. The smallest absolute Gasteiger partial charge is 0.135 e. The molecular weight excluding hydrogens is 212 g/mol. The van der Waals surface area contributed by atoms with E-state index in [9.17, 15) is 8.78 Å². The molecule has 0 bridgehead atoms. The molecule has 0 aliphatic carbocycles. The van der Waals surface area contributed by atoms with E-state index in [-0.39, 0.29) is 17.1 Å². The maximum Gasteiger partial charge on any atom is 0.135 e. The van der Waals surface area contributed by atoms with Gasteiger partial charge in [-0.2, -0.15) is 0 Å².